The Bertz CT molecular complexity index is 426. The largest absolute Gasteiger partial charge is 0.619 e. The van der Waals surface area contributed by atoms with E-state index in [4.69, 9.17) is 0 Å². The van der Waals surface area contributed by atoms with Gasteiger partial charge in [-0.05, 0) is 12.1 Å². The van der Waals surface area contributed by atoms with Crippen LogP contribution in [0.3, 0.4) is 0 Å². The molecule has 18 heavy (non-hydrogen) atoms. The molecule has 2 heterocycles. The van der Waals surface area contributed by atoms with Gasteiger partial charge < -0.3 is 10.5 Å². The van der Waals surface area contributed by atoms with Crippen LogP contribution >= 0.6 is 0 Å². The van der Waals surface area contributed by atoms with E-state index in [1.807, 2.05) is 0 Å². The lowest BCUT2D eigenvalue weighted by Gasteiger charge is -2.02. The van der Waals surface area contributed by atoms with Crippen molar-refractivity contribution in [1.82, 2.24) is 4.98 Å². The van der Waals surface area contributed by atoms with Gasteiger partial charge in [-0.2, -0.15) is 4.73 Å². The standard InChI is InChI=1S/C7H8F2N2.C5H5NO/c8-6(9)5-11-7-3-1-2-4-10-7;7-6-4-2-1-3-5-6/h1-4,6H,5H2,(H,10,11);1-5H. The summed E-state index contributed by atoms with van der Waals surface area (Å²) in [6, 6.07) is 10.3. The maximum atomic E-state index is 11.6. The first-order valence-electron chi connectivity index (χ1n) is 5.25. The van der Waals surface area contributed by atoms with Gasteiger partial charge in [-0.25, -0.2) is 13.8 Å². The van der Waals surface area contributed by atoms with Gasteiger partial charge in [-0.1, -0.05) is 12.1 Å². The molecule has 0 aliphatic rings. The Hall–Kier alpha value is -2.24. The van der Waals surface area contributed by atoms with E-state index in [1.165, 1.54) is 12.4 Å². The van der Waals surface area contributed by atoms with Crippen LogP contribution in [0.2, 0.25) is 0 Å². The average molecular weight is 253 g/mol. The van der Waals surface area contributed by atoms with Gasteiger partial charge in [0.25, 0.3) is 6.43 Å². The van der Waals surface area contributed by atoms with Crippen molar-refractivity contribution in [1.29, 1.82) is 0 Å². The third-order valence-electron chi connectivity index (χ3n) is 1.79. The summed E-state index contributed by atoms with van der Waals surface area (Å²) in [5.74, 6) is 0.479. The minimum Gasteiger partial charge on any atom is -0.619 e. The highest BCUT2D eigenvalue weighted by molar-refractivity contribution is 5.32. The summed E-state index contributed by atoms with van der Waals surface area (Å²) in [5, 5.41) is 12.7. The second kappa shape index (κ2) is 7.94. The van der Waals surface area contributed by atoms with Crippen molar-refractivity contribution in [3.63, 3.8) is 0 Å². The number of nitrogens with one attached hydrogen (secondary N) is 1. The first kappa shape index (κ1) is 13.8. The van der Waals surface area contributed by atoms with Crippen molar-refractivity contribution in [2.75, 3.05) is 11.9 Å². The van der Waals surface area contributed by atoms with E-state index in [0.717, 1.165) is 4.73 Å². The molecule has 0 amide bonds. The molecular formula is C12H13F2N3O. The first-order valence-corrected chi connectivity index (χ1v) is 5.25. The smallest absolute Gasteiger partial charge is 0.255 e. The number of pyridine rings is 2. The zero-order valence-electron chi connectivity index (χ0n) is 9.54. The SMILES string of the molecule is FC(F)CNc1ccccn1.[O-][n+]1ccccc1. The molecule has 0 fully saturated rings. The van der Waals surface area contributed by atoms with Crippen molar-refractivity contribution >= 4 is 5.82 Å². The molecule has 0 radical (unpaired) electrons. The minimum atomic E-state index is -2.34. The van der Waals surface area contributed by atoms with Gasteiger partial charge in [-0.3, -0.25) is 0 Å². The molecule has 0 aromatic carbocycles. The highest BCUT2D eigenvalue weighted by Gasteiger charge is 2.00. The van der Waals surface area contributed by atoms with E-state index in [0.29, 0.717) is 5.82 Å². The molecule has 0 atom stereocenters. The lowest BCUT2D eigenvalue weighted by Crippen LogP contribution is -2.22. The van der Waals surface area contributed by atoms with Crippen molar-refractivity contribution in [2.24, 2.45) is 0 Å². The molecule has 96 valence electrons. The fraction of sp³-hybridized carbons (Fsp3) is 0.167. The van der Waals surface area contributed by atoms with Crippen LogP contribution in [0.1, 0.15) is 0 Å². The van der Waals surface area contributed by atoms with Crippen LogP contribution in [0.25, 0.3) is 0 Å². The van der Waals surface area contributed by atoms with Gasteiger partial charge >= 0.3 is 0 Å². The van der Waals surface area contributed by atoms with Crippen LogP contribution in [-0.4, -0.2) is 18.0 Å². The zero-order valence-corrected chi connectivity index (χ0v) is 9.54. The summed E-state index contributed by atoms with van der Waals surface area (Å²) in [6.45, 7) is -0.350. The van der Waals surface area contributed by atoms with Gasteiger partial charge in [0, 0.05) is 18.3 Å². The Morgan fingerprint density at radius 1 is 1.17 bits per heavy atom. The summed E-state index contributed by atoms with van der Waals surface area (Å²) in [6.07, 6.45) is 2.10. The third-order valence-corrected chi connectivity index (χ3v) is 1.79. The summed E-state index contributed by atoms with van der Waals surface area (Å²) in [4.78, 5) is 3.81. The number of anilines is 1. The average Bonchev–Trinajstić information content (AvgIpc) is 2.39. The molecule has 2 rings (SSSR count). The van der Waals surface area contributed by atoms with Gasteiger partial charge in [0.05, 0.1) is 6.54 Å². The normalized spacial score (nSPS) is 9.50. The lowest BCUT2D eigenvalue weighted by molar-refractivity contribution is -0.605. The molecule has 0 bridgehead atoms. The van der Waals surface area contributed by atoms with Gasteiger partial charge in [-0.15, -0.1) is 0 Å². The van der Waals surface area contributed by atoms with Crippen LogP contribution in [0.5, 0.6) is 0 Å². The fourth-order valence-corrected chi connectivity index (χ4v) is 1.03. The molecule has 0 aliphatic carbocycles. The number of nitrogens with zero attached hydrogens (tertiary/aromatic N) is 2. The first-order chi connectivity index (χ1) is 8.68. The Labute approximate surface area is 104 Å². The van der Waals surface area contributed by atoms with Gasteiger partial charge in [0.2, 0.25) is 0 Å². The molecule has 2 aromatic heterocycles. The van der Waals surface area contributed by atoms with Crippen LogP contribution < -0.4 is 10.0 Å². The van der Waals surface area contributed by atoms with Crippen LogP contribution in [0.4, 0.5) is 14.6 Å². The highest BCUT2D eigenvalue weighted by atomic mass is 19.3. The Morgan fingerprint density at radius 2 is 1.89 bits per heavy atom. The molecule has 1 N–H and O–H groups in total. The second-order valence-electron chi connectivity index (χ2n) is 3.22. The van der Waals surface area contributed by atoms with E-state index >= 15 is 0 Å². The van der Waals surface area contributed by atoms with Gasteiger partial charge in [0.15, 0.2) is 12.4 Å². The monoisotopic (exact) mass is 253 g/mol. The maximum Gasteiger partial charge on any atom is 0.255 e. The quantitative estimate of drug-likeness (QED) is 0.673. The van der Waals surface area contributed by atoms with E-state index in [9.17, 15) is 14.0 Å². The fourth-order valence-electron chi connectivity index (χ4n) is 1.03. The van der Waals surface area contributed by atoms with Crippen molar-refractivity contribution in [2.45, 2.75) is 6.43 Å². The zero-order chi connectivity index (χ0) is 13.2. The number of aromatic nitrogens is 2. The number of hydrogen-bond donors (Lipinski definition) is 1. The molecule has 0 aliphatic heterocycles. The molecule has 4 nitrogen and oxygen atoms in total. The molecular weight excluding hydrogens is 240 g/mol. The Morgan fingerprint density at radius 3 is 2.33 bits per heavy atom. The summed E-state index contributed by atoms with van der Waals surface area (Å²) in [7, 11) is 0. The van der Waals surface area contributed by atoms with Crippen LogP contribution in [0.15, 0.2) is 55.0 Å². The third kappa shape index (κ3) is 6.37. The number of rotatable bonds is 3. The maximum absolute atomic E-state index is 11.6. The highest BCUT2D eigenvalue weighted by Crippen LogP contribution is 2.00. The summed E-state index contributed by atoms with van der Waals surface area (Å²) < 4.78 is 24.0. The molecule has 2 aromatic rings. The lowest BCUT2D eigenvalue weighted by atomic mass is 10.4. The molecule has 0 unspecified atom stereocenters. The van der Waals surface area contributed by atoms with E-state index in [1.54, 1.807) is 42.6 Å². The number of halogens is 2. The Balaban J connectivity index is 0.000000199. The van der Waals surface area contributed by atoms with Crippen molar-refractivity contribution in [3.8, 4) is 0 Å². The Kier molecular flexibility index (Phi) is 6.10. The summed E-state index contributed by atoms with van der Waals surface area (Å²) >= 11 is 0. The van der Waals surface area contributed by atoms with E-state index in [-0.39, 0.29) is 6.54 Å². The molecule has 0 saturated heterocycles. The molecule has 6 heteroatoms. The van der Waals surface area contributed by atoms with E-state index < -0.39 is 6.43 Å². The predicted molar refractivity (Wildman–Crippen MR) is 64.1 cm³/mol. The minimum absolute atomic E-state index is 0.350. The molecule has 0 spiro atoms. The second-order valence-corrected chi connectivity index (χ2v) is 3.22. The molecule has 0 saturated carbocycles. The topological polar surface area (TPSA) is 51.9 Å². The van der Waals surface area contributed by atoms with Crippen molar-refractivity contribution < 1.29 is 13.5 Å². The number of alkyl halides is 2. The van der Waals surface area contributed by atoms with E-state index in [2.05, 4.69) is 10.3 Å². The van der Waals surface area contributed by atoms with Crippen LogP contribution in [-0.2, 0) is 0 Å². The predicted octanol–water partition coefficient (Wildman–Crippen LogP) is 2.08. The number of hydrogen-bond acceptors (Lipinski definition) is 3. The van der Waals surface area contributed by atoms with Crippen molar-refractivity contribution in [3.05, 3.63) is 60.2 Å². The van der Waals surface area contributed by atoms with Crippen LogP contribution in [0, 0.1) is 5.21 Å². The van der Waals surface area contributed by atoms with Gasteiger partial charge in [0.1, 0.15) is 5.82 Å². The summed E-state index contributed by atoms with van der Waals surface area (Å²) in [5.41, 5.74) is 0.